The first-order valence-corrected chi connectivity index (χ1v) is 6.87. The molecule has 0 aliphatic heterocycles. The molecule has 0 fully saturated rings. The predicted octanol–water partition coefficient (Wildman–Crippen LogP) is 3.22. The van der Waals surface area contributed by atoms with E-state index in [0.717, 1.165) is 18.7 Å². The summed E-state index contributed by atoms with van der Waals surface area (Å²) < 4.78 is 0. The fraction of sp³-hybridized carbons (Fsp3) is 0.214. The highest BCUT2D eigenvalue weighted by molar-refractivity contribution is 7.10. The van der Waals surface area contributed by atoms with Crippen molar-refractivity contribution in [2.75, 3.05) is 0 Å². The molecule has 92 valence electrons. The molecule has 0 unspecified atom stereocenters. The van der Waals surface area contributed by atoms with Gasteiger partial charge in [0.1, 0.15) is 5.65 Å². The molecule has 2 N–H and O–H groups in total. The van der Waals surface area contributed by atoms with E-state index in [4.69, 9.17) is 0 Å². The van der Waals surface area contributed by atoms with Crippen LogP contribution >= 0.6 is 11.3 Å². The lowest BCUT2D eigenvalue weighted by atomic mass is 10.2. The van der Waals surface area contributed by atoms with Gasteiger partial charge in [-0.25, -0.2) is 4.98 Å². The number of aromatic amines is 1. The first kappa shape index (κ1) is 11.4. The zero-order valence-electron chi connectivity index (χ0n) is 10.2. The van der Waals surface area contributed by atoms with Crippen LogP contribution in [0, 0.1) is 6.92 Å². The van der Waals surface area contributed by atoms with Gasteiger partial charge < -0.3 is 10.3 Å². The van der Waals surface area contributed by atoms with E-state index >= 15 is 0 Å². The lowest BCUT2D eigenvalue weighted by Gasteiger charge is -2.03. The van der Waals surface area contributed by atoms with Gasteiger partial charge in [-0.1, -0.05) is 0 Å². The van der Waals surface area contributed by atoms with Crippen LogP contribution in [0.2, 0.25) is 0 Å². The number of fused-ring (bicyclic) bond motifs is 1. The summed E-state index contributed by atoms with van der Waals surface area (Å²) in [5.74, 6) is 0. The SMILES string of the molecule is Cc1ccsc1CNCc1c[nH]c2ncccc12. The van der Waals surface area contributed by atoms with Crippen molar-refractivity contribution >= 4 is 22.4 Å². The topological polar surface area (TPSA) is 40.7 Å². The van der Waals surface area contributed by atoms with Crippen molar-refractivity contribution in [3.05, 3.63) is 52.0 Å². The van der Waals surface area contributed by atoms with E-state index in [9.17, 15) is 0 Å². The highest BCUT2D eigenvalue weighted by Gasteiger charge is 2.04. The minimum Gasteiger partial charge on any atom is -0.346 e. The second-order valence-electron chi connectivity index (χ2n) is 4.34. The summed E-state index contributed by atoms with van der Waals surface area (Å²) in [5, 5.41) is 6.83. The smallest absolute Gasteiger partial charge is 0.137 e. The van der Waals surface area contributed by atoms with E-state index < -0.39 is 0 Å². The molecular formula is C14H15N3S. The Morgan fingerprint density at radius 2 is 2.28 bits per heavy atom. The van der Waals surface area contributed by atoms with Gasteiger partial charge in [-0.2, -0.15) is 0 Å². The van der Waals surface area contributed by atoms with Crippen molar-refractivity contribution in [1.29, 1.82) is 0 Å². The predicted molar refractivity (Wildman–Crippen MR) is 75.7 cm³/mol. The van der Waals surface area contributed by atoms with E-state index in [1.165, 1.54) is 21.4 Å². The Labute approximate surface area is 110 Å². The van der Waals surface area contributed by atoms with Crippen molar-refractivity contribution in [1.82, 2.24) is 15.3 Å². The summed E-state index contributed by atoms with van der Waals surface area (Å²) in [4.78, 5) is 8.90. The number of aromatic nitrogens is 2. The molecule has 0 spiro atoms. The molecule has 0 saturated heterocycles. The van der Waals surface area contributed by atoms with Crippen molar-refractivity contribution in [2.24, 2.45) is 0 Å². The minimum atomic E-state index is 0.864. The average Bonchev–Trinajstić information content (AvgIpc) is 2.97. The number of nitrogens with zero attached hydrogens (tertiary/aromatic N) is 1. The van der Waals surface area contributed by atoms with E-state index in [0.29, 0.717) is 0 Å². The quantitative estimate of drug-likeness (QED) is 0.753. The van der Waals surface area contributed by atoms with Crippen LogP contribution in [0.1, 0.15) is 16.0 Å². The van der Waals surface area contributed by atoms with Crippen molar-refractivity contribution < 1.29 is 0 Å². The van der Waals surface area contributed by atoms with Gasteiger partial charge in [0.25, 0.3) is 0 Å². The summed E-state index contributed by atoms with van der Waals surface area (Å²) in [6.45, 7) is 3.95. The monoisotopic (exact) mass is 257 g/mol. The number of thiophene rings is 1. The molecule has 3 rings (SSSR count). The molecule has 0 atom stereocenters. The second-order valence-corrected chi connectivity index (χ2v) is 5.34. The zero-order chi connectivity index (χ0) is 12.4. The van der Waals surface area contributed by atoms with Gasteiger partial charge in [-0.05, 0) is 41.6 Å². The van der Waals surface area contributed by atoms with Gasteiger partial charge in [0.15, 0.2) is 0 Å². The Morgan fingerprint density at radius 1 is 1.33 bits per heavy atom. The van der Waals surface area contributed by atoms with Crippen molar-refractivity contribution in [3.8, 4) is 0 Å². The van der Waals surface area contributed by atoms with Gasteiger partial charge in [0, 0.05) is 35.7 Å². The van der Waals surface area contributed by atoms with Crippen LogP contribution in [-0.4, -0.2) is 9.97 Å². The van der Waals surface area contributed by atoms with Crippen molar-refractivity contribution in [3.63, 3.8) is 0 Å². The minimum absolute atomic E-state index is 0.864. The molecule has 0 aliphatic carbocycles. The Balaban J connectivity index is 1.68. The fourth-order valence-electron chi connectivity index (χ4n) is 2.05. The largest absolute Gasteiger partial charge is 0.346 e. The van der Waals surface area contributed by atoms with Gasteiger partial charge >= 0.3 is 0 Å². The third-order valence-corrected chi connectivity index (χ3v) is 4.13. The molecule has 0 aliphatic rings. The summed E-state index contributed by atoms with van der Waals surface area (Å²) in [6, 6.07) is 6.24. The summed E-state index contributed by atoms with van der Waals surface area (Å²) in [7, 11) is 0. The second kappa shape index (κ2) is 4.92. The third-order valence-electron chi connectivity index (χ3n) is 3.11. The van der Waals surface area contributed by atoms with Crippen LogP contribution in [0.3, 0.4) is 0 Å². The molecular weight excluding hydrogens is 242 g/mol. The summed E-state index contributed by atoms with van der Waals surface area (Å²) in [6.07, 6.45) is 3.84. The van der Waals surface area contributed by atoms with Gasteiger partial charge in [0.2, 0.25) is 0 Å². The molecule has 3 nitrogen and oxygen atoms in total. The molecule has 0 bridgehead atoms. The first-order chi connectivity index (χ1) is 8.84. The Kier molecular flexibility index (Phi) is 3.13. The molecule has 3 heterocycles. The highest BCUT2D eigenvalue weighted by Crippen LogP contribution is 2.17. The molecule has 3 aromatic heterocycles. The van der Waals surface area contributed by atoms with Gasteiger partial charge in [-0.3, -0.25) is 0 Å². The van der Waals surface area contributed by atoms with Crippen LogP contribution in [0.4, 0.5) is 0 Å². The summed E-state index contributed by atoms with van der Waals surface area (Å²) in [5.41, 5.74) is 3.60. The van der Waals surface area contributed by atoms with Gasteiger partial charge in [0.05, 0.1) is 0 Å². The van der Waals surface area contributed by atoms with Gasteiger partial charge in [-0.15, -0.1) is 11.3 Å². The molecule has 4 heteroatoms. The fourth-order valence-corrected chi connectivity index (χ4v) is 2.93. The molecule has 3 aromatic rings. The lowest BCUT2D eigenvalue weighted by molar-refractivity contribution is 0.702. The Hall–Kier alpha value is -1.65. The number of rotatable bonds is 4. The number of hydrogen-bond donors (Lipinski definition) is 2. The van der Waals surface area contributed by atoms with Crippen LogP contribution in [-0.2, 0) is 13.1 Å². The number of nitrogens with one attached hydrogen (secondary N) is 2. The van der Waals surface area contributed by atoms with Crippen LogP contribution < -0.4 is 5.32 Å². The molecule has 0 radical (unpaired) electrons. The maximum Gasteiger partial charge on any atom is 0.137 e. The van der Waals surface area contributed by atoms with E-state index in [2.05, 4.69) is 39.7 Å². The molecule has 0 amide bonds. The van der Waals surface area contributed by atoms with Crippen LogP contribution in [0.25, 0.3) is 11.0 Å². The Morgan fingerprint density at radius 3 is 3.11 bits per heavy atom. The van der Waals surface area contributed by atoms with E-state index in [1.807, 2.05) is 29.8 Å². The maximum atomic E-state index is 4.29. The van der Waals surface area contributed by atoms with Crippen molar-refractivity contribution in [2.45, 2.75) is 20.0 Å². The number of pyridine rings is 1. The standard InChI is InChI=1S/C14H15N3S/c1-10-4-6-18-13(10)9-15-7-11-8-17-14-12(11)3-2-5-16-14/h2-6,8,15H,7,9H2,1H3,(H,16,17). The van der Waals surface area contributed by atoms with E-state index in [1.54, 1.807) is 0 Å². The van der Waals surface area contributed by atoms with Crippen LogP contribution in [0.5, 0.6) is 0 Å². The molecule has 18 heavy (non-hydrogen) atoms. The molecule has 0 aromatic carbocycles. The number of aryl methyl sites for hydroxylation is 1. The lowest BCUT2D eigenvalue weighted by Crippen LogP contribution is -2.12. The summed E-state index contributed by atoms with van der Waals surface area (Å²) >= 11 is 1.81. The maximum absolute atomic E-state index is 4.29. The number of H-pyrrole nitrogens is 1. The normalized spacial score (nSPS) is 11.2. The highest BCUT2D eigenvalue weighted by atomic mass is 32.1. The van der Waals surface area contributed by atoms with Crippen LogP contribution in [0.15, 0.2) is 36.0 Å². The molecule has 0 saturated carbocycles. The first-order valence-electron chi connectivity index (χ1n) is 5.99. The Bertz CT molecular complexity index is 654. The average molecular weight is 257 g/mol. The zero-order valence-corrected chi connectivity index (χ0v) is 11.1. The van der Waals surface area contributed by atoms with E-state index in [-0.39, 0.29) is 0 Å². The number of hydrogen-bond acceptors (Lipinski definition) is 3. The third kappa shape index (κ3) is 2.17.